The second kappa shape index (κ2) is 7.87. The molecule has 0 amide bonds. The lowest BCUT2D eigenvalue weighted by Crippen LogP contribution is -2.32. The number of hydrogen-bond acceptors (Lipinski definition) is 2. The second-order valence-electron chi connectivity index (χ2n) is 5.65. The van der Waals surface area contributed by atoms with Crippen LogP contribution in [0.5, 0.6) is 0 Å². The van der Waals surface area contributed by atoms with Crippen LogP contribution in [0.3, 0.4) is 0 Å². The van der Waals surface area contributed by atoms with Crippen molar-refractivity contribution in [3.05, 3.63) is 56.5 Å². The lowest BCUT2D eigenvalue weighted by atomic mass is 10.1. The fraction of sp³-hybridized carbons (Fsp3) is 0.444. The fourth-order valence-electron chi connectivity index (χ4n) is 2.65. The molecule has 0 bridgehead atoms. The molecule has 114 valence electrons. The summed E-state index contributed by atoms with van der Waals surface area (Å²) >= 11 is 2.44. The van der Waals surface area contributed by atoms with Crippen LogP contribution < -0.4 is 5.32 Å². The number of allylic oxidation sites excluding steroid dienone is 7. The van der Waals surface area contributed by atoms with Crippen LogP contribution in [0.1, 0.15) is 33.6 Å². The third-order valence-electron chi connectivity index (χ3n) is 4.08. The Kier molecular flexibility index (Phi) is 6.15. The summed E-state index contributed by atoms with van der Waals surface area (Å²) in [5, 5.41) is 3.57. The van der Waals surface area contributed by atoms with Gasteiger partial charge in [0.05, 0.1) is 6.54 Å². The van der Waals surface area contributed by atoms with E-state index >= 15 is 0 Å². The molecule has 0 saturated heterocycles. The van der Waals surface area contributed by atoms with Gasteiger partial charge >= 0.3 is 0 Å². The van der Waals surface area contributed by atoms with Crippen molar-refractivity contribution in [3.8, 4) is 0 Å². The van der Waals surface area contributed by atoms with E-state index in [1.54, 1.807) is 0 Å². The molecule has 0 aromatic heterocycles. The summed E-state index contributed by atoms with van der Waals surface area (Å²) in [6.45, 7) is 9.60. The van der Waals surface area contributed by atoms with Crippen LogP contribution in [-0.4, -0.2) is 24.5 Å². The number of hydrogen-bond donors (Lipinski definition) is 1. The van der Waals surface area contributed by atoms with E-state index in [1.807, 2.05) is 0 Å². The third kappa shape index (κ3) is 4.50. The minimum atomic E-state index is 0.960. The first-order valence-electron chi connectivity index (χ1n) is 7.66. The molecule has 2 aliphatic rings. The number of nitrogens with zero attached hydrogens (tertiary/aromatic N) is 1. The highest BCUT2D eigenvalue weighted by atomic mass is 127. The van der Waals surface area contributed by atoms with E-state index in [2.05, 4.69) is 84.0 Å². The van der Waals surface area contributed by atoms with E-state index in [0.717, 1.165) is 32.5 Å². The molecule has 0 radical (unpaired) electrons. The van der Waals surface area contributed by atoms with Gasteiger partial charge in [0, 0.05) is 28.1 Å². The van der Waals surface area contributed by atoms with Crippen LogP contribution in [0.4, 0.5) is 0 Å². The average molecular weight is 396 g/mol. The molecule has 0 aliphatic carbocycles. The van der Waals surface area contributed by atoms with Crippen LogP contribution in [0.15, 0.2) is 56.5 Å². The molecule has 0 atom stereocenters. The van der Waals surface area contributed by atoms with Crippen molar-refractivity contribution in [2.24, 2.45) is 0 Å². The van der Waals surface area contributed by atoms with Crippen molar-refractivity contribution in [2.75, 3.05) is 19.6 Å². The molecule has 2 aliphatic heterocycles. The Balaban J connectivity index is 2.23. The molecule has 0 fully saturated rings. The maximum atomic E-state index is 3.57. The molecular formula is C18H25IN2. The molecule has 21 heavy (non-hydrogen) atoms. The Morgan fingerprint density at radius 2 is 2.00 bits per heavy atom. The highest BCUT2D eigenvalue weighted by molar-refractivity contribution is 14.1. The Labute approximate surface area is 142 Å². The Morgan fingerprint density at radius 3 is 2.71 bits per heavy atom. The minimum Gasteiger partial charge on any atom is -0.382 e. The van der Waals surface area contributed by atoms with Gasteiger partial charge in [-0.2, -0.15) is 0 Å². The van der Waals surface area contributed by atoms with Crippen molar-refractivity contribution >= 4 is 22.6 Å². The van der Waals surface area contributed by atoms with Gasteiger partial charge in [-0.3, -0.25) is 0 Å². The number of dihydropyridines is 1. The summed E-state index contributed by atoms with van der Waals surface area (Å²) < 4.78 is 1.34. The van der Waals surface area contributed by atoms with Crippen LogP contribution >= 0.6 is 22.6 Å². The summed E-state index contributed by atoms with van der Waals surface area (Å²) in [5.41, 5.74) is 5.71. The predicted octanol–water partition coefficient (Wildman–Crippen LogP) is 4.68. The lowest BCUT2D eigenvalue weighted by Gasteiger charge is -2.29. The zero-order valence-electron chi connectivity index (χ0n) is 13.2. The Hall–Kier alpha value is -0.970. The van der Waals surface area contributed by atoms with Crippen LogP contribution in [0, 0.1) is 0 Å². The van der Waals surface area contributed by atoms with Gasteiger partial charge in [-0.25, -0.2) is 0 Å². The van der Waals surface area contributed by atoms with Crippen molar-refractivity contribution in [3.63, 3.8) is 0 Å². The summed E-state index contributed by atoms with van der Waals surface area (Å²) in [4.78, 5) is 2.48. The fourth-order valence-corrected chi connectivity index (χ4v) is 3.55. The first-order chi connectivity index (χ1) is 10.1. The first-order valence-corrected chi connectivity index (χ1v) is 8.74. The Morgan fingerprint density at radius 1 is 1.24 bits per heavy atom. The van der Waals surface area contributed by atoms with Crippen molar-refractivity contribution in [1.29, 1.82) is 0 Å². The van der Waals surface area contributed by atoms with Gasteiger partial charge in [-0.05, 0) is 60.9 Å². The van der Waals surface area contributed by atoms with Gasteiger partial charge in [0.1, 0.15) is 0 Å². The van der Waals surface area contributed by atoms with Gasteiger partial charge < -0.3 is 10.2 Å². The number of halogens is 1. The summed E-state index contributed by atoms with van der Waals surface area (Å²) in [5.74, 6) is 0. The van der Waals surface area contributed by atoms with Crippen molar-refractivity contribution < 1.29 is 0 Å². The van der Waals surface area contributed by atoms with E-state index in [1.165, 1.54) is 26.1 Å². The molecule has 0 aromatic carbocycles. The first kappa shape index (κ1) is 16.4. The molecule has 2 heterocycles. The largest absolute Gasteiger partial charge is 0.382 e. The van der Waals surface area contributed by atoms with Crippen molar-refractivity contribution in [1.82, 2.24) is 10.2 Å². The maximum absolute atomic E-state index is 3.57. The van der Waals surface area contributed by atoms with Gasteiger partial charge in [0.2, 0.25) is 0 Å². The molecule has 0 spiro atoms. The van der Waals surface area contributed by atoms with Crippen LogP contribution in [0.2, 0.25) is 0 Å². The van der Waals surface area contributed by atoms with Crippen LogP contribution in [-0.2, 0) is 0 Å². The van der Waals surface area contributed by atoms with E-state index < -0.39 is 0 Å². The van der Waals surface area contributed by atoms with Gasteiger partial charge in [0.15, 0.2) is 0 Å². The molecule has 0 unspecified atom stereocenters. The minimum absolute atomic E-state index is 0.960. The maximum Gasteiger partial charge on any atom is 0.0587 e. The molecule has 0 aromatic rings. The van der Waals surface area contributed by atoms with Gasteiger partial charge in [-0.15, -0.1) is 0 Å². The molecule has 0 saturated carbocycles. The quantitative estimate of drug-likeness (QED) is 0.697. The molecule has 2 rings (SSSR count). The second-order valence-corrected chi connectivity index (χ2v) is 6.82. The zero-order chi connectivity index (χ0) is 15.2. The van der Waals surface area contributed by atoms with E-state index in [4.69, 9.17) is 0 Å². The molecule has 1 N–H and O–H groups in total. The molecule has 2 nitrogen and oxygen atoms in total. The normalized spacial score (nSPS) is 23.4. The third-order valence-corrected chi connectivity index (χ3v) is 5.04. The Bertz CT molecular complexity index is 535. The monoisotopic (exact) mass is 396 g/mol. The zero-order valence-corrected chi connectivity index (χ0v) is 15.4. The highest BCUT2D eigenvalue weighted by Gasteiger charge is 2.15. The predicted molar refractivity (Wildman–Crippen MR) is 100 cm³/mol. The smallest absolute Gasteiger partial charge is 0.0587 e. The van der Waals surface area contributed by atoms with E-state index in [0.29, 0.717) is 0 Å². The van der Waals surface area contributed by atoms with E-state index in [-0.39, 0.29) is 0 Å². The summed E-state index contributed by atoms with van der Waals surface area (Å²) in [6, 6.07) is 0. The number of nitrogens with one attached hydrogen (secondary N) is 1. The summed E-state index contributed by atoms with van der Waals surface area (Å²) in [7, 11) is 0. The number of rotatable bonds is 3. The van der Waals surface area contributed by atoms with E-state index in [9.17, 15) is 0 Å². The summed E-state index contributed by atoms with van der Waals surface area (Å²) in [6.07, 6.45) is 13.3. The van der Waals surface area contributed by atoms with Crippen LogP contribution in [0.25, 0.3) is 0 Å². The SMILES string of the molecule is CC/C1=C(\C)N(CC2=C(I)C=C(C)CN2)CC=CC=CC1. The standard InChI is InChI=1S/C18H25IN2/c1-4-16-9-7-5-6-8-10-21(15(16)3)13-18-17(19)11-14(2)12-20-18/h5-8,11,20H,4,9-10,12-13H2,1-3H3/b7-5?,8-6?,16-15-. The topological polar surface area (TPSA) is 15.3 Å². The van der Waals surface area contributed by atoms with Gasteiger partial charge in [0.25, 0.3) is 0 Å². The van der Waals surface area contributed by atoms with Gasteiger partial charge in [-0.1, -0.05) is 36.8 Å². The average Bonchev–Trinajstić information content (AvgIpc) is 2.54. The highest BCUT2D eigenvalue weighted by Crippen LogP contribution is 2.23. The lowest BCUT2D eigenvalue weighted by molar-refractivity contribution is 0.396. The molecule has 3 heteroatoms. The molecular weight excluding hydrogens is 371 g/mol. The van der Waals surface area contributed by atoms with Crippen molar-refractivity contribution in [2.45, 2.75) is 33.6 Å².